The van der Waals surface area contributed by atoms with Crippen molar-refractivity contribution in [3.8, 4) is 11.1 Å². The Morgan fingerprint density at radius 2 is 1.74 bits per heavy atom. The van der Waals surface area contributed by atoms with E-state index in [4.69, 9.17) is 0 Å². The second-order valence-electron chi connectivity index (χ2n) is 10.5. The Morgan fingerprint density at radius 3 is 2.41 bits per heavy atom. The van der Waals surface area contributed by atoms with Gasteiger partial charge >= 0.3 is 6.18 Å². The van der Waals surface area contributed by atoms with E-state index in [2.05, 4.69) is 18.8 Å². The third-order valence-corrected chi connectivity index (χ3v) is 8.46. The highest BCUT2D eigenvalue weighted by atomic mass is 32.1. The SMILES string of the molecule is CCCCCC(C)CC(=O)c1csc(C2CCN(C(=O)c3ccccc3-c3ccc(C(F)(F)F)cc3)CC2)n1. The average Bonchev–Trinajstić information content (AvgIpc) is 3.43. The van der Waals surface area contributed by atoms with Crippen LogP contribution in [0.1, 0.15) is 96.1 Å². The number of carbonyl (C=O) groups excluding carboxylic acids is 2. The van der Waals surface area contributed by atoms with Gasteiger partial charge in [-0.05, 0) is 48.1 Å². The molecular weight excluding hydrogens is 521 g/mol. The Balaban J connectivity index is 1.37. The van der Waals surface area contributed by atoms with E-state index in [0.717, 1.165) is 42.8 Å². The number of Topliss-reactive ketones (excluding diaryl/α,β-unsaturated/α-hetero) is 1. The topological polar surface area (TPSA) is 50.3 Å². The van der Waals surface area contributed by atoms with Gasteiger partial charge in [-0.25, -0.2) is 4.98 Å². The molecule has 1 aliphatic heterocycles. The number of carbonyl (C=O) groups is 2. The van der Waals surface area contributed by atoms with Crippen LogP contribution in [-0.2, 0) is 6.18 Å². The molecule has 8 heteroatoms. The van der Waals surface area contributed by atoms with Crippen molar-refractivity contribution in [2.45, 2.75) is 70.9 Å². The summed E-state index contributed by atoms with van der Waals surface area (Å²) in [7, 11) is 0. The Labute approximate surface area is 232 Å². The lowest BCUT2D eigenvalue weighted by Crippen LogP contribution is -2.38. The summed E-state index contributed by atoms with van der Waals surface area (Å²) in [5.74, 6) is 0.534. The number of hydrogen-bond acceptors (Lipinski definition) is 4. The number of rotatable bonds is 10. The fourth-order valence-electron chi connectivity index (χ4n) is 5.13. The number of ketones is 1. The van der Waals surface area contributed by atoms with Gasteiger partial charge in [-0.15, -0.1) is 11.3 Å². The van der Waals surface area contributed by atoms with E-state index >= 15 is 0 Å². The Morgan fingerprint density at radius 1 is 1.05 bits per heavy atom. The zero-order chi connectivity index (χ0) is 28.0. The zero-order valence-electron chi connectivity index (χ0n) is 22.5. The van der Waals surface area contributed by atoms with Crippen molar-refractivity contribution in [1.29, 1.82) is 0 Å². The number of halogens is 3. The van der Waals surface area contributed by atoms with Gasteiger partial charge in [-0.2, -0.15) is 13.2 Å². The van der Waals surface area contributed by atoms with E-state index in [9.17, 15) is 22.8 Å². The summed E-state index contributed by atoms with van der Waals surface area (Å²) in [6.45, 7) is 5.42. The molecule has 0 saturated carbocycles. The molecule has 0 spiro atoms. The zero-order valence-corrected chi connectivity index (χ0v) is 23.3. The summed E-state index contributed by atoms with van der Waals surface area (Å²) >= 11 is 1.53. The molecule has 1 atom stereocenters. The van der Waals surface area contributed by atoms with E-state index in [1.54, 1.807) is 29.2 Å². The molecule has 3 aromatic rings. The summed E-state index contributed by atoms with van der Waals surface area (Å²) in [6, 6.07) is 12.0. The van der Waals surface area contributed by atoms with E-state index in [1.165, 1.54) is 36.3 Å². The van der Waals surface area contributed by atoms with Gasteiger partial charge in [0.2, 0.25) is 0 Å². The minimum absolute atomic E-state index is 0.106. The lowest BCUT2D eigenvalue weighted by Gasteiger charge is -2.31. The summed E-state index contributed by atoms with van der Waals surface area (Å²) in [5.41, 5.74) is 1.50. The highest BCUT2D eigenvalue weighted by Crippen LogP contribution is 2.34. The van der Waals surface area contributed by atoms with Gasteiger partial charge in [-0.3, -0.25) is 9.59 Å². The van der Waals surface area contributed by atoms with Crippen LogP contribution in [0.25, 0.3) is 11.1 Å². The Kier molecular flexibility index (Phi) is 9.59. The quantitative estimate of drug-likeness (QED) is 0.186. The average molecular weight is 557 g/mol. The van der Waals surface area contributed by atoms with Gasteiger partial charge in [0.1, 0.15) is 5.69 Å². The fourth-order valence-corrected chi connectivity index (χ4v) is 6.12. The van der Waals surface area contributed by atoms with E-state index in [0.29, 0.717) is 47.8 Å². The van der Waals surface area contributed by atoms with Gasteiger partial charge in [0, 0.05) is 36.4 Å². The molecule has 4 rings (SSSR count). The summed E-state index contributed by atoms with van der Waals surface area (Å²) in [5, 5.41) is 2.82. The van der Waals surface area contributed by atoms with Gasteiger partial charge in [0.05, 0.1) is 10.6 Å². The van der Waals surface area contributed by atoms with E-state index < -0.39 is 11.7 Å². The summed E-state index contributed by atoms with van der Waals surface area (Å²) in [4.78, 5) is 32.7. The molecule has 0 bridgehead atoms. The summed E-state index contributed by atoms with van der Waals surface area (Å²) in [6.07, 6.45) is 2.21. The number of hydrogen-bond donors (Lipinski definition) is 0. The van der Waals surface area contributed by atoms with E-state index in [1.807, 2.05) is 5.38 Å². The molecule has 2 heterocycles. The first kappa shape index (κ1) is 29.0. The molecule has 0 aliphatic carbocycles. The van der Waals surface area contributed by atoms with Crippen LogP contribution in [0, 0.1) is 5.92 Å². The number of unbranched alkanes of at least 4 members (excludes halogenated alkanes) is 2. The predicted molar refractivity (Wildman–Crippen MR) is 149 cm³/mol. The van der Waals surface area contributed by atoms with Crippen molar-refractivity contribution < 1.29 is 22.8 Å². The monoisotopic (exact) mass is 556 g/mol. The number of aromatic nitrogens is 1. The van der Waals surface area contributed by atoms with Crippen LogP contribution in [0.3, 0.4) is 0 Å². The number of nitrogens with zero attached hydrogens (tertiary/aromatic N) is 2. The maximum Gasteiger partial charge on any atom is 0.416 e. The minimum atomic E-state index is -4.41. The smallest absolute Gasteiger partial charge is 0.339 e. The van der Waals surface area contributed by atoms with Crippen molar-refractivity contribution in [1.82, 2.24) is 9.88 Å². The first-order valence-electron chi connectivity index (χ1n) is 13.7. The molecular formula is C31H35F3N2O2S. The minimum Gasteiger partial charge on any atom is -0.339 e. The standard InChI is InChI=1S/C31H35F3N2O2S/c1-3-4-5-8-21(2)19-28(37)27-20-39-29(35-27)23-15-17-36(18-16-23)30(38)26-10-7-6-9-25(26)22-11-13-24(14-12-22)31(32,33)34/h6-7,9-14,20-21,23H,3-5,8,15-19H2,1-2H3. The van der Waals surface area contributed by atoms with Crippen LogP contribution in [0.15, 0.2) is 53.9 Å². The van der Waals surface area contributed by atoms with Crippen LogP contribution in [0.2, 0.25) is 0 Å². The van der Waals surface area contributed by atoms with Crippen molar-refractivity contribution in [2.24, 2.45) is 5.92 Å². The third kappa shape index (κ3) is 7.35. The number of alkyl halides is 3. The molecule has 0 radical (unpaired) electrons. The second-order valence-corrected chi connectivity index (χ2v) is 11.4. The van der Waals surface area contributed by atoms with Crippen molar-refractivity contribution in [2.75, 3.05) is 13.1 Å². The number of piperidine rings is 1. The molecule has 1 aliphatic rings. The molecule has 1 aromatic heterocycles. The molecule has 1 fully saturated rings. The molecule has 39 heavy (non-hydrogen) atoms. The highest BCUT2D eigenvalue weighted by molar-refractivity contribution is 7.09. The lowest BCUT2D eigenvalue weighted by atomic mass is 9.94. The largest absolute Gasteiger partial charge is 0.416 e. The number of thiazole rings is 1. The summed E-state index contributed by atoms with van der Waals surface area (Å²) < 4.78 is 39.0. The van der Waals surface area contributed by atoms with Crippen LogP contribution < -0.4 is 0 Å². The Bertz CT molecular complexity index is 1260. The highest BCUT2D eigenvalue weighted by Gasteiger charge is 2.31. The number of benzene rings is 2. The number of amides is 1. The van der Waals surface area contributed by atoms with Crippen LogP contribution in [0.5, 0.6) is 0 Å². The van der Waals surface area contributed by atoms with Crippen LogP contribution >= 0.6 is 11.3 Å². The predicted octanol–water partition coefficient (Wildman–Crippen LogP) is 8.64. The molecule has 0 N–H and O–H groups in total. The van der Waals surface area contributed by atoms with Crippen molar-refractivity contribution >= 4 is 23.0 Å². The maximum absolute atomic E-state index is 13.4. The van der Waals surface area contributed by atoms with Gasteiger partial charge in [-0.1, -0.05) is 69.9 Å². The lowest BCUT2D eigenvalue weighted by molar-refractivity contribution is -0.137. The molecule has 208 valence electrons. The molecule has 4 nitrogen and oxygen atoms in total. The molecule has 2 aromatic carbocycles. The molecule has 1 saturated heterocycles. The second kappa shape index (κ2) is 12.9. The van der Waals surface area contributed by atoms with Gasteiger partial charge < -0.3 is 4.90 Å². The molecule has 1 amide bonds. The van der Waals surface area contributed by atoms with Gasteiger partial charge in [0.15, 0.2) is 5.78 Å². The van der Waals surface area contributed by atoms with Crippen molar-refractivity contribution in [3.05, 3.63) is 75.7 Å². The Hall–Kier alpha value is -3.00. The third-order valence-electron chi connectivity index (χ3n) is 7.45. The van der Waals surface area contributed by atoms with Gasteiger partial charge in [0.25, 0.3) is 5.91 Å². The van der Waals surface area contributed by atoms with Crippen LogP contribution in [0.4, 0.5) is 13.2 Å². The first-order chi connectivity index (χ1) is 18.7. The van der Waals surface area contributed by atoms with Crippen LogP contribution in [-0.4, -0.2) is 34.7 Å². The molecule has 1 unspecified atom stereocenters. The first-order valence-corrected chi connectivity index (χ1v) is 14.6. The van der Waals surface area contributed by atoms with Crippen molar-refractivity contribution in [3.63, 3.8) is 0 Å². The van der Waals surface area contributed by atoms with E-state index in [-0.39, 0.29) is 17.6 Å². The number of likely N-dealkylation sites (tertiary alicyclic amines) is 1. The normalized spacial score (nSPS) is 15.4. The fraction of sp³-hybridized carbons (Fsp3) is 0.452. The maximum atomic E-state index is 13.4.